The molecular formula is C22H28N2O3. The third kappa shape index (κ3) is 3.79. The van der Waals surface area contributed by atoms with Crippen LogP contribution in [0.25, 0.3) is 0 Å². The first kappa shape index (κ1) is 18.2. The van der Waals surface area contributed by atoms with Gasteiger partial charge in [0.25, 0.3) is 0 Å². The minimum atomic E-state index is -0.811. The van der Waals surface area contributed by atoms with E-state index >= 15 is 0 Å². The number of hydrogen-bond donors (Lipinski definition) is 1. The van der Waals surface area contributed by atoms with Crippen LogP contribution in [0.2, 0.25) is 0 Å². The summed E-state index contributed by atoms with van der Waals surface area (Å²) < 4.78 is 0. The van der Waals surface area contributed by atoms with Crippen LogP contribution in [0.3, 0.4) is 0 Å². The molecule has 1 saturated heterocycles. The van der Waals surface area contributed by atoms with Crippen molar-refractivity contribution >= 4 is 11.9 Å². The second kappa shape index (κ2) is 7.85. The van der Waals surface area contributed by atoms with Crippen LogP contribution < -0.4 is 0 Å². The Morgan fingerprint density at radius 1 is 0.926 bits per heavy atom. The monoisotopic (exact) mass is 368 g/mol. The first-order valence-electron chi connectivity index (χ1n) is 10.1. The second-order valence-corrected chi connectivity index (χ2v) is 8.08. The molecule has 1 amide bonds. The lowest BCUT2D eigenvalue weighted by Crippen LogP contribution is -2.55. The Morgan fingerprint density at radius 3 is 2.15 bits per heavy atom. The van der Waals surface area contributed by atoms with Gasteiger partial charge in [-0.2, -0.15) is 0 Å². The van der Waals surface area contributed by atoms with Gasteiger partial charge in [0.15, 0.2) is 0 Å². The molecule has 4 aliphatic rings. The predicted octanol–water partition coefficient (Wildman–Crippen LogP) is 2.29. The third-order valence-corrected chi connectivity index (χ3v) is 6.56. The molecule has 5 nitrogen and oxygen atoms in total. The summed E-state index contributed by atoms with van der Waals surface area (Å²) in [5.41, 5.74) is 1.34. The van der Waals surface area contributed by atoms with Gasteiger partial charge in [-0.25, -0.2) is 0 Å². The van der Waals surface area contributed by atoms with Gasteiger partial charge in [-0.15, -0.1) is 0 Å². The molecule has 3 aliphatic carbocycles. The quantitative estimate of drug-likeness (QED) is 0.810. The number of benzene rings is 1. The molecule has 0 aromatic heterocycles. The highest BCUT2D eigenvalue weighted by Gasteiger charge is 2.49. The number of hydrogen-bond acceptors (Lipinski definition) is 3. The fraction of sp³-hybridized carbons (Fsp3) is 0.545. The standard InChI is InChI=1S/C22H28N2O3/c25-21(19-17-6-8-18(9-7-17)20(19)22(26)27)24-14-12-23(13-15-24)11-10-16-4-2-1-3-5-16/h1-6,8,17-20H,7,9-15H2,(H,26,27)/t17-,18-,19-,20+/m0/s1. The molecule has 1 N–H and O–H groups in total. The zero-order chi connectivity index (χ0) is 18.8. The van der Waals surface area contributed by atoms with Crippen LogP contribution in [0.5, 0.6) is 0 Å². The SMILES string of the molecule is O=C(O)[C@H]1[C@@H](C(=O)N2CCN(CCc3ccccc3)CC2)[C@H]2C=C[C@H]1CC2. The third-order valence-electron chi connectivity index (χ3n) is 6.56. The van der Waals surface area contributed by atoms with Crippen molar-refractivity contribution in [3.05, 3.63) is 48.0 Å². The van der Waals surface area contributed by atoms with Gasteiger partial charge in [-0.05, 0) is 36.7 Å². The van der Waals surface area contributed by atoms with Gasteiger partial charge in [0.05, 0.1) is 11.8 Å². The van der Waals surface area contributed by atoms with Gasteiger partial charge >= 0.3 is 5.97 Å². The van der Waals surface area contributed by atoms with Crippen LogP contribution in [0.4, 0.5) is 0 Å². The molecule has 0 radical (unpaired) electrons. The van der Waals surface area contributed by atoms with Gasteiger partial charge in [-0.1, -0.05) is 42.5 Å². The van der Waals surface area contributed by atoms with Crippen molar-refractivity contribution in [2.45, 2.75) is 19.3 Å². The van der Waals surface area contributed by atoms with Crippen LogP contribution in [0, 0.1) is 23.7 Å². The molecule has 0 unspecified atom stereocenters. The van der Waals surface area contributed by atoms with Crippen molar-refractivity contribution in [1.29, 1.82) is 0 Å². The van der Waals surface area contributed by atoms with Crippen LogP contribution in [-0.2, 0) is 16.0 Å². The van der Waals surface area contributed by atoms with Crippen molar-refractivity contribution < 1.29 is 14.7 Å². The molecule has 1 saturated carbocycles. The van der Waals surface area contributed by atoms with E-state index in [0.29, 0.717) is 13.1 Å². The summed E-state index contributed by atoms with van der Waals surface area (Å²) >= 11 is 0. The van der Waals surface area contributed by atoms with Crippen LogP contribution in [0.15, 0.2) is 42.5 Å². The summed E-state index contributed by atoms with van der Waals surface area (Å²) in [5, 5.41) is 9.69. The minimum absolute atomic E-state index is 0.0219. The number of carboxylic acid groups (broad SMARTS) is 1. The molecule has 1 aromatic carbocycles. The second-order valence-electron chi connectivity index (χ2n) is 8.08. The number of nitrogens with zero attached hydrogens (tertiary/aromatic N) is 2. The van der Waals surface area contributed by atoms with E-state index in [4.69, 9.17) is 0 Å². The number of carboxylic acids is 1. The van der Waals surface area contributed by atoms with Crippen molar-refractivity contribution in [2.75, 3.05) is 32.7 Å². The average molecular weight is 368 g/mol. The maximum Gasteiger partial charge on any atom is 0.307 e. The first-order valence-corrected chi connectivity index (χ1v) is 10.1. The molecule has 1 heterocycles. The number of amides is 1. The summed E-state index contributed by atoms with van der Waals surface area (Å²) in [6.07, 6.45) is 6.98. The van der Waals surface area contributed by atoms with Gasteiger partial charge < -0.3 is 10.0 Å². The molecule has 4 atom stereocenters. The molecule has 2 fully saturated rings. The number of aliphatic carboxylic acids is 1. The Hall–Kier alpha value is -2.14. The number of piperazine rings is 1. The normalized spacial score (nSPS) is 30.4. The highest BCUT2D eigenvalue weighted by molar-refractivity contribution is 5.86. The maximum atomic E-state index is 13.2. The van der Waals surface area contributed by atoms with Crippen molar-refractivity contribution in [2.24, 2.45) is 23.7 Å². The van der Waals surface area contributed by atoms with Crippen LogP contribution in [-0.4, -0.2) is 59.5 Å². The van der Waals surface area contributed by atoms with Gasteiger partial charge in [0.2, 0.25) is 5.91 Å². The van der Waals surface area contributed by atoms with Gasteiger partial charge in [-0.3, -0.25) is 14.5 Å². The van der Waals surface area contributed by atoms with Crippen molar-refractivity contribution in [3.63, 3.8) is 0 Å². The van der Waals surface area contributed by atoms with E-state index in [9.17, 15) is 14.7 Å². The fourth-order valence-corrected chi connectivity index (χ4v) is 5.00. The van der Waals surface area contributed by atoms with Gasteiger partial charge in [0, 0.05) is 32.7 Å². The van der Waals surface area contributed by atoms with E-state index in [2.05, 4.69) is 35.2 Å². The lowest BCUT2D eigenvalue weighted by atomic mass is 9.62. The maximum absolute atomic E-state index is 13.2. The fourth-order valence-electron chi connectivity index (χ4n) is 5.00. The average Bonchev–Trinajstić information content (AvgIpc) is 2.73. The Labute approximate surface area is 160 Å². The van der Waals surface area contributed by atoms with E-state index in [1.54, 1.807) is 0 Å². The van der Waals surface area contributed by atoms with Crippen LogP contribution >= 0.6 is 0 Å². The number of fused-ring (bicyclic) bond motifs is 2. The first-order chi connectivity index (χ1) is 13.1. The summed E-state index contributed by atoms with van der Waals surface area (Å²) in [6, 6.07) is 10.5. The van der Waals surface area contributed by atoms with Crippen molar-refractivity contribution in [1.82, 2.24) is 9.80 Å². The molecule has 1 aliphatic heterocycles. The Kier molecular flexibility index (Phi) is 5.30. The van der Waals surface area contributed by atoms with E-state index in [1.165, 1.54) is 5.56 Å². The molecule has 1 aromatic rings. The smallest absolute Gasteiger partial charge is 0.307 e. The molecule has 27 heavy (non-hydrogen) atoms. The molecule has 0 spiro atoms. The van der Waals surface area contributed by atoms with Crippen LogP contribution in [0.1, 0.15) is 18.4 Å². The Balaban J connectivity index is 1.33. The highest BCUT2D eigenvalue weighted by Crippen LogP contribution is 2.45. The molecule has 144 valence electrons. The molecular weight excluding hydrogens is 340 g/mol. The molecule has 2 bridgehead atoms. The summed E-state index contributed by atoms with van der Waals surface area (Å²) in [7, 11) is 0. The zero-order valence-electron chi connectivity index (χ0n) is 15.7. The minimum Gasteiger partial charge on any atom is -0.481 e. The van der Waals surface area contributed by atoms with E-state index in [-0.39, 0.29) is 23.7 Å². The van der Waals surface area contributed by atoms with Gasteiger partial charge in [0.1, 0.15) is 0 Å². The number of carbonyl (C=O) groups excluding carboxylic acids is 1. The zero-order valence-corrected chi connectivity index (χ0v) is 15.7. The van der Waals surface area contributed by atoms with E-state index in [0.717, 1.165) is 38.9 Å². The number of carbonyl (C=O) groups is 2. The number of allylic oxidation sites excluding steroid dienone is 2. The molecule has 5 rings (SSSR count). The summed E-state index contributed by atoms with van der Waals surface area (Å²) in [4.78, 5) is 29.3. The predicted molar refractivity (Wildman–Crippen MR) is 103 cm³/mol. The van der Waals surface area contributed by atoms with E-state index in [1.807, 2.05) is 17.0 Å². The highest BCUT2D eigenvalue weighted by atomic mass is 16.4. The summed E-state index contributed by atoms with van der Waals surface area (Å²) in [6.45, 7) is 4.15. The Bertz CT molecular complexity index is 710. The lowest BCUT2D eigenvalue weighted by molar-refractivity contribution is -0.157. The Morgan fingerprint density at radius 2 is 1.56 bits per heavy atom. The largest absolute Gasteiger partial charge is 0.481 e. The van der Waals surface area contributed by atoms with E-state index < -0.39 is 11.9 Å². The lowest BCUT2D eigenvalue weighted by Gasteiger charge is -2.45. The number of rotatable bonds is 5. The molecule has 5 heteroatoms. The van der Waals surface area contributed by atoms with Crippen molar-refractivity contribution in [3.8, 4) is 0 Å². The topological polar surface area (TPSA) is 60.9 Å². The summed E-state index contributed by atoms with van der Waals surface area (Å²) in [5.74, 6) is -1.55.